The summed E-state index contributed by atoms with van der Waals surface area (Å²) in [5.74, 6) is 4.45. The highest BCUT2D eigenvalue weighted by atomic mass is 32.2. The summed E-state index contributed by atoms with van der Waals surface area (Å²) in [4.78, 5) is 2.42. The van der Waals surface area contributed by atoms with Crippen LogP contribution < -0.4 is 14.4 Å². The first kappa shape index (κ1) is 18.5. The topological polar surface area (TPSA) is 52.4 Å². The SMILES string of the molecule is COc1ccc(OCCSc2nnc(N3CCC(C)CC3)n2C2CC2)cc1. The maximum absolute atomic E-state index is 5.83. The number of methoxy groups -OCH3 is 1. The standard InChI is InChI=1S/C20H28N4O2S/c1-15-9-11-23(12-10-15)19-21-22-20(24(19)16-3-4-16)27-14-13-26-18-7-5-17(25-2)6-8-18/h5-8,15-16H,3-4,9-14H2,1-2H3. The lowest BCUT2D eigenvalue weighted by Crippen LogP contribution is -2.34. The molecule has 1 aromatic heterocycles. The molecule has 7 heteroatoms. The van der Waals surface area contributed by atoms with Gasteiger partial charge in [-0.2, -0.15) is 0 Å². The third kappa shape index (κ3) is 4.51. The molecule has 4 rings (SSSR count). The Morgan fingerprint density at radius 2 is 1.74 bits per heavy atom. The predicted molar refractivity (Wildman–Crippen MR) is 108 cm³/mol. The quantitative estimate of drug-likeness (QED) is 0.503. The van der Waals surface area contributed by atoms with E-state index in [2.05, 4.69) is 26.6 Å². The van der Waals surface area contributed by atoms with Crippen molar-refractivity contribution in [1.82, 2.24) is 14.8 Å². The molecule has 1 aromatic carbocycles. The third-order valence-corrected chi connectivity index (χ3v) is 6.18. The number of piperidine rings is 1. The number of benzene rings is 1. The zero-order valence-electron chi connectivity index (χ0n) is 16.1. The number of thioether (sulfide) groups is 1. The molecule has 146 valence electrons. The first-order valence-electron chi connectivity index (χ1n) is 9.84. The van der Waals surface area contributed by atoms with Gasteiger partial charge < -0.3 is 14.4 Å². The van der Waals surface area contributed by atoms with Crippen LogP contribution in [0.5, 0.6) is 11.5 Å². The van der Waals surface area contributed by atoms with E-state index >= 15 is 0 Å². The maximum Gasteiger partial charge on any atom is 0.228 e. The van der Waals surface area contributed by atoms with Gasteiger partial charge in [-0.3, -0.25) is 4.57 Å². The normalized spacial score (nSPS) is 17.9. The van der Waals surface area contributed by atoms with Crippen LogP contribution in [0, 0.1) is 5.92 Å². The molecular weight excluding hydrogens is 360 g/mol. The summed E-state index contributed by atoms with van der Waals surface area (Å²) in [5.41, 5.74) is 0. The Labute approximate surface area is 165 Å². The Bertz CT molecular complexity index is 737. The largest absolute Gasteiger partial charge is 0.497 e. The van der Waals surface area contributed by atoms with Gasteiger partial charge in [0, 0.05) is 24.9 Å². The lowest BCUT2D eigenvalue weighted by Gasteiger charge is -2.31. The average molecular weight is 389 g/mol. The molecule has 2 heterocycles. The third-order valence-electron chi connectivity index (χ3n) is 5.27. The van der Waals surface area contributed by atoms with Crippen LogP contribution in [-0.4, -0.2) is 47.3 Å². The van der Waals surface area contributed by atoms with E-state index in [9.17, 15) is 0 Å². The molecule has 0 spiro atoms. The highest BCUT2D eigenvalue weighted by Crippen LogP contribution is 2.41. The number of ether oxygens (including phenoxy) is 2. The minimum Gasteiger partial charge on any atom is -0.497 e. The fourth-order valence-corrected chi connectivity index (χ4v) is 4.23. The second-order valence-electron chi connectivity index (χ2n) is 7.43. The molecule has 2 aromatic rings. The molecule has 0 atom stereocenters. The first-order valence-corrected chi connectivity index (χ1v) is 10.8. The van der Waals surface area contributed by atoms with Crippen molar-refractivity contribution in [1.29, 1.82) is 0 Å². The van der Waals surface area contributed by atoms with E-state index in [1.807, 2.05) is 24.3 Å². The Morgan fingerprint density at radius 3 is 2.41 bits per heavy atom. The summed E-state index contributed by atoms with van der Waals surface area (Å²) < 4.78 is 13.4. The van der Waals surface area contributed by atoms with E-state index in [0.29, 0.717) is 12.6 Å². The van der Waals surface area contributed by atoms with Crippen LogP contribution in [0.15, 0.2) is 29.4 Å². The van der Waals surface area contributed by atoms with Gasteiger partial charge in [0.2, 0.25) is 5.95 Å². The zero-order chi connectivity index (χ0) is 18.6. The van der Waals surface area contributed by atoms with E-state index in [1.54, 1.807) is 18.9 Å². The number of hydrogen-bond donors (Lipinski definition) is 0. The second kappa shape index (κ2) is 8.42. The monoisotopic (exact) mass is 388 g/mol. The van der Waals surface area contributed by atoms with Gasteiger partial charge >= 0.3 is 0 Å². The number of aromatic nitrogens is 3. The van der Waals surface area contributed by atoms with Crippen LogP contribution in [0.25, 0.3) is 0 Å². The summed E-state index contributed by atoms with van der Waals surface area (Å²) in [7, 11) is 1.67. The van der Waals surface area contributed by atoms with Crippen LogP contribution in [0.3, 0.4) is 0 Å². The smallest absolute Gasteiger partial charge is 0.228 e. The molecule has 0 unspecified atom stereocenters. The van der Waals surface area contributed by atoms with Crippen molar-refractivity contribution in [3.8, 4) is 11.5 Å². The highest BCUT2D eigenvalue weighted by Gasteiger charge is 2.32. The van der Waals surface area contributed by atoms with Crippen molar-refractivity contribution < 1.29 is 9.47 Å². The van der Waals surface area contributed by atoms with Crippen molar-refractivity contribution in [3.05, 3.63) is 24.3 Å². The molecule has 0 bridgehead atoms. The van der Waals surface area contributed by atoms with Gasteiger partial charge in [0.15, 0.2) is 5.16 Å². The van der Waals surface area contributed by atoms with E-state index in [-0.39, 0.29) is 0 Å². The van der Waals surface area contributed by atoms with Gasteiger partial charge in [-0.15, -0.1) is 10.2 Å². The van der Waals surface area contributed by atoms with Crippen LogP contribution >= 0.6 is 11.8 Å². The van der Waals surface area contributed by atoms with Crippen molar-refractivity contribution in [3.63, 3.8) is 0 Å². The molecule has 0 radical (unpaired) electrons. The van der Waals surface area contributed by atoms with Crippen LogP contribution in [-0.2, 0) is 0 Å². The first-order chi connectivity index (χ1) is 13.2. The second-order valence-corrected chi connectivity index (χ2v) is 8.49. The number of hydrogen-bond acceptors (Lipinski definition) is 6. The van der Waals surface area contributed by atoms with Gasteiger partial charge in [-0.05, 0) is 55.9 Å². The lowest BCUT2D eigenvalue weighted by atomic mass is 10.00. The molecule has 1 aliphatic heterocycles. The fourth-order valence-electron chi connectivity index (χ4n) is 3.41. The minimum atomic E-state index is 0.583. The Balaban J connectivity index is 1.33. The van der Waals surface area contributed by atoms with Crippen molar-refractivity contribution in [2.75, 3.05) is 37.5 Å². The van der Waals surface area contributed by atoms with E-state index < -0.39 is 0 Å². The van der Waals surface area contributed by atoms with E-state index in [1.165, 1.54) is 25.7 Å². The van der Waals surface area contributed by atoms with Gasteiger partial charge in [-0.1, -0.05) is 18.7 Å². The van der Waals surface area contributed by atoms with Crippen LogP contribution in [0.2, 0.25) is 0 Å². The summed E-state index contributed by atoms with van der Waals surface area (Å²) in [6, 6.07) is 8.28. The van der Waals surface area contributed by atoms with Gasteiger partial charge in [-0.25, -0.2) is 0 Å². The van der Waals surface area contributed by atoms with Crippen LogP contribution in [0.4, 0.5) is 5.95 Å². The summed E-state index contributed by atoms with van der Waals surface area (Å²) in [6.07, 6.45) is 4.97. The molecule has 27 heavy (non-hydrogen) atoms. The molecule has 2 fully saturated rings. The lowest BCUT2D eigenvalue weighted by molar-refractivity contribution is 0.342. The molecule has 0 amide bonds. The molecule has 2 aliphatic rings. The summed E-state index contributed by atoms with van der Waals surface area (Å²) in [6.45, 7) is 5.17. The van der Waals surface area contributed by atoms with Crippen LogP contribution in [0.1, 0.15) is 38.6 Å². The Hall–Kier alpha value is -1.89. The maximum atomic E-state index is 5.83. The number of nitrogens with zero attached hydrogens (tertiary/aromatic N) is 4. The molecule has 1 saturated heterocycles. The number of anilines is 1. The fraction of sp³-hybridized carbons (Fsp3) is 0.600. The Kier molecular flexibility index (Phi) is 5.76. The minimum absolute atomic E-state index is 0.583. The predicted octanol–water partition coefficient (Wildman–Crippen LogP) is 4.03. The van der Waals surface area contributed by atoms with E-state index in [0.717, 1.165) is 47.4 Å². The van der Waals surface area contributed by atoms with Crippen molar-refractivity contribution in [2.45, 2.75) is 43.8 Å². The van der Waals surface area contributed by atoms with Crippen molar-refractivity contribution >= 4 is 17.7 Å². The summed E-state index contributed by atoms with van der Waals surface area (Å²) >= 11 is 1.74. The highest BCUT2D eigenvalue weighted by molar-refractivity contribution is 7.99. The van der Waals surface area contributed by atoms with Gasteiger partial charge in [0.25, 0.3) is 0 Å². The van der Waals surface area contributed by atoms with Gasteiger partial charge in [0.1, 0.15) is 11.5 Å². The van der Waals surface area contributed by atoms with Crippen molar-refractivity contribution in [2.24, 2.45) is 5.92 Å². The average Bonchev–Trinajstić information content (AvgIpc) is 3.46. The Morgan fingerprint density at radius 1 is 1.04 bits per heavy atom. The molecular formula is C20H28N4O2S. The molecule has 6 nitrogen and oxygen atoms in total. The van der Waals surface area contributed by atoms with Gasteiger partial charge in [0.05, 0.1) is 13.7 Å². The molecule has 1 saturated carbocycles. The van der Waals surface area contributed by atoms with E-state index in [4.69, 9.17) is 9.47 Å². The molecule has 0 N–H and O–H groups in total. The molecule has 1 aliphatic carbocycles. The number of rotatable bonds is 8. The zero-order valence-corrected chi connectivity index (χ0v) is 17.0. The summed E-state index contributed by atoms with van der Waals surface area (Å²) in [5, 5.41) is 10.1.